The molecule has 0 aliphatic carbocycles. The number of piperazine rings is 1. The van der Waals surface area contributed by atoms with Gasteiger partial charge in [-0.05, 0) is 61.3 Å². The maximum Gasteiger partial charge on any atom is 0.227 e. The van der Waals surface area contributed by atoms with Gasteiger partial charge in [-0.25, -0.2) is 9.37 Å². The van der Waals surface area contributed by atoms with Crippen LogP contribution in [0.3, 0.4) is 0 Å². The van der Waals surface area contributed by atoms with Crippen LogP contribution in [0.15, 0.2) is 72.8 Å². The Morgan fingerprint density at radius 2 is 1.64 bits per heavy atom. The molecule has 0 N–H and O–H groups in total. The molecule has 0 radical (unpaired) electrons. The van der Waals surface area contributed by atoms with Crippen molar-refractivity contribution in [3.05, 3.63) is 95.0 Å². The molecule has 3 heterocycles. The zero-order chi connectivity index (χ0) is 26.8. The Hall–Kier alpha value is -3.42. The number of nitrogens with zero attached hydrogens (tertiary/aromatic N) is 5. The quantitative estimate of drug-likeness (QED) is 0.324. The number of fused-ring (bicyclic) bond motifs is 1. The van der Waals surface area contributed by atoms with Crippen molar-refractivity contribution in [2.75, 3.05) is 44.2 Å². The third-order valence-electron chi connectivity index (χ3n) is 7.99. The number of aromatic nitrogens is 2. The number of likely N-dealkylation sites (tertiary alicyclic amines) is 1. The predicted molar refractivity (Wildman–Crippen MR) is 153 cm³/mol. The number of halogens is 2. The Bertz CT molecular complexity index is 1450. The van der Waals surface area contributed by atoms with E-state index in [-0.39, 0.29) is 17.6 Å². The van der Waals surface area contributed by atoms with Gasteiger partial charge in [0.15, 0.2) is 0 Å². The maximum absolute atomic E-state index is 14.2. The van der Waals surface area contributed by atoms with E-state index in [1.54, 1.807) is 6.07 Å². The van der Waals surface area contributed by atoms with Crippen molar-refractivity contribution in [3.8, 4) is 0 Å². The summed E-state index contributed by atoms with van der Waals surface area (Å²) in [6.45, 7) is 5.66. The van der Waals surface area contributed by atoms with E-state index in [1.165, 1.54) is 11.6 Å². The molecule has 0 bridgehead atoms. The standard InChI is InChI=1S/C31H33ClFN5O/c32-25-13-11-23(12-14-25)20-38-29-10-4-2-8-27(29)34-30(38)22-35-15-5-6-24(21-35)31(39)37-18-16-36(17-19-37)28-9-3-1-7-26(28)33/h1-4,7-14,24H,5-6,15-22H2/t24-/m1/s1. The maximum atomic E-state index is 14.2. The molecule has 3 aromatic carbocycles. The first-order chi connectivity index (χ1) is 19.0. The fourth-order valence-electron chi connectivity index (χ4n) is 5.93. The van der Waals surface area contributed by atoms with Crippen molar-refractivity contribution in [3.63, 3.8) is 0 Å². The van der Waals surface area contributed by atoms with E-state index < -0.39 is 0 Å². The highest BCUT2D eigenvalue weighted by molar-refractivity contribution is 6.30. The SMILES string of the molecule is O=C([C@@H]1CCCN(Cc2nc3ccccc3n2Cc2ccc(Cl)cc2)C1)N1CCN(c2ccccc2F)CC1. The summed E-state index contributed by atoms with van der Waals surface area (Å²) < 4.78 is 16.5. The first-order valence-electron chi connectivity index (χ1n) is 13.7. The summed E-state index contributed by atoms with van der Waals surface area (Å²) in [7, 11) is 0. The summed E-state index contributed by atoms with van der Waals surface area (Å²) in [5.74, 6) is 1.01. The molecule has 4 aromatic rings. The minimum absolute atomic E-state index is 0.0205. The second kappa shape index (κ2) is 11.4. The van der Waals surface area contributed by atoms with Gasteiger partial charge in [0.25, 0.3) is 0 Å². The lowest BCUT2D eigenvalue weighted by Gasteiger charge is -2.39. The number of rotatable bonds is 6. The van der Waals surface area contributed by atoms with E-state index in [0.717, 1.165) is 54.4 Å². The monoisotopic (exact) mass is 545 g/mol. The van der Waals surface area contributed by atoms with E-state index in [2.05, 4.69) is 33.7 Å². The molecule has 0 saturated carbocycles. The van der Waals surface area contributed by atoms with E-state index in [1.807, 2.05) is 46.2 Å². The molecule has 1 aromatic heterocycles. The average Bonchev–Trinajstić information content (AvgIpc) is 3.31. The van der Waals surface area contributed by atoms with Crippen molar-refractivity contribution >= 4 is 34.2 Å². The van der Waals surface area contributed by atoms with Crippen LogP contribution in [-0.2, 0) is 17.9 Å². The molecule has 2 aliphatic heterocycles. The Kier molecular flexibility index (Phi) is 7.53. The minimum atomic E-state index is -0.206. The molecule has 6 rings (SSSR count). The number of hydrogen-bond donors (Lipinski definition) is 0. The van der Waals surface area contributed by atoms with Crippen LogP contribution in [0.2, 0.25) is 5.02 Å². The number of anilines is 1. The Labute approximate surface area is 233 Å². The fraction of sp³-hybridized carbons (Fsp3) is 0.355. The number of hydrogen-bond acceptors (Lipinski definition) is 4. The van der Waals surface area contributed by atoms with E-state index in [0.29, 0.717) is 38.4 Å². The number of benzene rings is 3. The average molecular weight is 546 g/mol. The number of para-hydroxylation sites is 3. The molecule has 0 spiro atoms. The smallest absolute Gasteiger partial charge is 0.227 e. The van der Waals surface area contributed by atoms with Gasteiger partial charge in [0, 0.05) is 44.3 Å². The Balaban J connectivity index is 1.12. The molecule has 1 amide bonds. The van der Waals surface area contributed by atoms with Gasteiger partial charge in [0.1, 0.15) is 11.6 Å². The van der Waals surface area contributed by atoms with Gasteiger partial charge in [-0.1, -0.05) is 48.0 Å². The minimum Gasteiger partial charge on any atom is -0.366 e. The third kappa shape index (κ3) is 5.65. The van der Waals surface area contributed by atoms with Crippen molar-refractivity contribution in [2.45, 2.75) is 25.9 Å². The van der Waals surface area contributed by atoms with Gasteiger partial charge in [-0.15, -0.1) is 0 Å². The normalized spacial score (nSPS) is 18.6. The lowest BCUT2D eigenvalue weighted by molar-refractivity contribution is -0.137. The summed E-state index contributed by atoms with van der Waals surface area (Å²) in [6.07, 6.45) is 1.90. The fourth-order valence-corrected chi connectivity index (χ4v) is 6.06. The van der Waals surface area contributed by atoms with Crippen LogP contribution in [0, 0.1) is 11.7 Å². The lowest BCUT2D eigenvalue weighted by Crippen LogP contribution is -2.52. The topological polar surface area (TPSA) is 44.6 Å². The first-order valence-corrected chi connectivity index (χ1v) is 14.1. The number of piperidine rings is 1. The number of carbonyl (C=O) groups excluding carboxylic acids is 1. The van der Waals surface area contributed by atoms with Crippen LogP contribution in [0.25, 0.3) is 11.0 Å². The second-order valence-electron chi connectivity index (χ2n) is 10.6. The third-order valence-corrected chi connectivity index (χ3v) is 8.24. The highest BCUT2D eigenvalue weighted by Gasteiger charge is 2.32. The molecular weight excluding hydrogens is 513 g/mol. The van der Waals surface area contributed by atoms with Crippen LogP contribution in [0.5, 0.6) is 0 Å². The van der Waals surface area contributed by atoms with Crippen LogP contribution in [-0.4, -0.2) is 64.5 Å². The molecule has 2 aliphatic rings. The highest BCUT2D eigenvalue weighted by Crippen LogP contribution is 2.26. The van der Waals surface area contributed by atoms with Crippen LogP contribution in [0.4, 0.5) is 10.1 Å². The van der Waals surface area contributed by atoms with E-state index in [4.69, 9.17) is 16.6 Å². The molecular formula is C31H33ClFN5O. The van der Waals surface area contributed by atoms with Gasteiger partial charge >= 0.3 is 0 Å². The summed E-state index contributed by atoms with van der Waals surface area (Å²) in [5, 5.41) is 0.729. The van der Waals surface area contributed by atoms with Gasteiger partial charge in [-0.2, -0.15) is 0 Å². The lowest BCUT2D eigenvalue weighted by atomic mass is 9.96. The van der Waals surface area contributed by atoms with Crippen LogP contribution < -0.4 is 4.90 Å². The zero-order valence-corrected chi connectivity index (χ0v) is 22.7. The summed E-state index contributed by atoms with van der Waals surface area (Å²) in [4.78, 5) is 24.9. The van der Waals surface area contributed by atoms with Gasteiger partial charge in [0.05, 0.1) is 29.2 Å². The first kappa shape index (κ1) is 25.8. The van der Waals surface area contributed by atoms with Crippen molar-refractivity contribution in [1.82, 2.24) is 19.4 Å². The van der Waals surface area contributed by atoms with Gasteiger partial charge in [0.2, 0.25) is 5.91 Å². The molecule has 2 fully saturated rings. The second-order valence-corrected chi connectivity index (χ2v) is 11.0. The summed E-state index contributed by atoms with van der Waals surface area (Å²) in [6, 6.07) is 23.1. The van der Waals surface area contributed by atoms with Crippen molar-refractivity contribution < 1.29 is 9.18 Å². The molecule has 2 saturated heterocycles. The summed E-state index contributed by atoms with van der Waals surface area (Å²) in [5.41, 5.74) is 3.89. The Morgan fingerprint density at radius 1 is 0.897 bits per heavy atom. The largest absolute Gasteiger partial charge is 0.366 e. The molecule has 8 heteroatoms. The predicted octanol–water partition coefficient (Wildman–Crippen LogP) is 5.44. The van der Waals surface area contributed by atoms with Gasteiger partial charge in [-0.3, -0.25) is 9.69 Å². The van der Waals surface area contributed by atoms with Crippen LogP contribution >= 0.6 is 11.6 Å². The van der Waals surface area contributed by atoms with Crippen LogP contribution in [0.1, 0.15) is 24.2 Å². The number of carbonyl (C=O) groups is 1. The number of imidazole rings is 1. The van der Waals surface area contributed by atoms with Crippen molar-refractivity contribution in [1.29, 1.82) is 0 Å². The zero-order valence-electron chi connectivity index (χ0n) is 22.0. The summed E-state index contributed by atoms with van der Waals surface area (Å²) >= 11 is 6.11. The molecule has 6 nitrogen and oxygen atoms in total. The molecule has 202 valence electrons. The molecule has 0 unspecified atom stereocenters. The van der Waals surface area contributed by atoms with E-state index in [9.17, 15) is 9.18 Å². The van der Waals surface area contributed by atoms with E-state index >= 15 is 0 Å². The Morgan fingerprint density at radius 3 is 2.44 bits per heavy atom. The van der Waals surface area contributed by atoms with Crippen molar-refractivity contribution in [2.24, 2.45) is 5.92 Å². The highest BCUT2D eigenvalue weighted by atomic mass is 35.5. The van der Waals surface area contributed by atoms with Gasteiger partial charge < -0.3 is 14.4 Å². The number of amides is 1. The molecule has 1 atom stereocenters. The molecule has 39 heavy (non-hydrogen) atoms.